The molecule has 1 heterocycles. The van der Waals surface area contributed by atoms with E-state index in [1.54, 1.807) is 0 Å². The van der Waals surface area contributed by atoms with Crippen molar-refractivity contribution in [3.63, 3.8) is 0 Å². The molecule has 0 aromatic rings. The first kappa shape index (κ1) is 7.61. The molecule has 2 rings (SSSR count). The Kier molecular flexibility index (Phi) is 1.58. The third kappa shape index (κ3) is 1.18. The van der Waals surface area contributed by atoms with Crippen molar-refractivity contribution in [2.45, 2.75) is 18.9 Å². The third-order valence-corrected chi connectivity index (χ3v) is 2.48. The van der Waals surface area contributed by atoms with Crippen LogP contribution < -0.4 is 11.5 Å². The van der Waals surface area contributed by atoms with Crippen LogP contribution in [0.15, 0.2) is 11.3 Å². The third-order valence-electron chi connectivity index (χ3n) is 2.48. The average Bonchev–Trinajstić information content (AvgIpc) is 2.75. The number of primary amides is 1. The lowest BCUT2D eigenvalue weighted by atomic mass is 10.2. The van der Waals surface area contributed by atoms with E-state index in [0.717, 1.165) is 6.54 Å². The predicted molar refractivity (Wildman–Crippen MR) is 45.0 cm³/mol. The van der Waals surface area contributed by atoms with Gasteiger partial charge in [-0.15, -0.1) is 0 Å². The Hall–Kier alpha value is -1.03. The molecule has 2 aliphatic rings. The van der Waals surface area contributed by atoms with Crippen LogP contribution in [0, 0.1) is 0 Å². The van der Waals surface area contributed by atoms with Gasteiger partial charge in [0.1, 0.15) is 0 Å². The molecule has 0 aromatic carbocycles. The molecule has 0 radical (unpaired) electrons. The van der Waals surface area contributed by atoms with Crippen molar-refractivity contribution in [2.24, 2.45) is 11.5 Å². The van der Waals surface area contributed by atoms with Crippen LogP contribution >= 0.6 is 0 Å². The fourth-order valence-electron chi connectivity index (χ4n) is 1.61. The summed E-state index contributed by atoms with van der Waals surface area (Å²) < 4.78 is 0. The van der Waals surface area contributed by atoms with Crippen molar-refractivity contribution in [2.75, 3.05) is 13.1 Å². The molecule has 0 aromatic heterocycles. The van der Waals surface area contributed by atoms with Gasteiger partial charge in [0.25, 0.3) is 0 Å². The van der Waals surface area contributed by atoms with Gasteiger partial charge in [-0.05, 0) is 12.8 Å². The first-order chi connectivity index (χ1) is 5.68. The maximum Gasteiger partial charge on any atom is 0.247 e. The standard InChI is InChI=1S/C8H13N3O/c9-7-4-11(5-1-2-5)3-6(7)8(10)12/h5H,1-4,9H2,(H2,10,12). The molecule has 1 amide bonds. The number of amides is 1. The molecule has 1 aliphatic carbocycles. The fraction of sp³-hybridized carbons (Fsp3) is 0.625. The molecule has 4 heteroatoms. The molecule has 4 nitrogen and oxygen atoms in total. The number of carbonyl (C=O) groups is 1. The van der Waals surface area contributed by atoms with Crippen LogP contribution in [0.2, 0.25) is 0 Å². The van der Waals surface area contributed by atoms with E-state index in [9.17, 15) is 4.79 Å². The maximum absolute atomic E-state index is 10.9. The number of hydrogen-bond donors (Lipinski definition) is 2. The van der Waals surface area contributed by atoms with Gasteiger partial charge in [-0.1, -0.05) is 0 Å². The summed E-state index contributed by atoms with van der Waals surface area (Å²) in [5.74, 6) is -0.365. The summed E-state index contributed by atoms with van der Waals surface area (Å²) in [4.78, 5) is 13.1. The van der Waals surface area contributed by atoms with Crippen LogP contribution in [-0.2, 0) is 4.79 Å². The second kappa shape index (κ2) is 2.48. The van der Waals surface area contributed by atoms with Crippen LogP contribution in [0.25, 0.3) is 0 Å². The van der Waals surface area contributed by atoms with Gasteiger partial charge in [-0.25, -0.2) is 0 Å². The monoisotopic (exact) mass is 167 g/mol. The number of carbonyl (C=O) groups excluding carboxylic acids is 1. The minimum absolute atomic E-state index is 0.365. The molecule has 0 saturated heterocycles. The highest BCUT2D eigenvalue weighted by atomic mass is 16.1. The van der Waals surface area contributed by atoms with Gasteiger partial charge in [0.05, 0.1) is 5.57 Å². The lowest BCUT2D eigenvalue weighted by Crippen LogP contribution is -2.26. The Bertz CT molecular complexity index is 255. The van der Waals surface area contributed by atoms with Gasteiger partial charge >= 0.3 is 0 Å². The van der Waals surface area contributed by atoms with Crippen molar-refractivity contribution in [1.82, 2.24) is 4.90 Å². The first-order valence-electron chi connectivity index (χ1n) is 4.20. The van der Waals surface area contributed by atoms with Gasteiger partial charge < -0.3 is 11.5 Å². The Morgan fingerprint density at radius 3 is 2.50 bits per heavy atom. The first-order valence-corrected chi connectivity index (χ1v) is 4.20. The number of nitrogens with two attached hydrogens (primary N) is 2. The van der Waals surface area contributed by atoms with Gasteiger partial charge in [0, 0.05) is 24.8 Å². The molecule has 0 unspecified atom stereocenters. The normalized spacial score (nSPS) is 25.0. The number of hydrogen-bond acceptors (Lipinski definition) is 3. The molecule has 0 atom stereocenters. The van der Waals surface area contributed by atoms with Gasteiger partial charge in [0.2, 0.25) is 5.91 Å². The Labute approximate surface area is 71.2 Å². The van der Waals surface area contributed by atoms with Crippen LogP contribution in [0.5, 0.6) is 0 Å². The summed E-state index contributed by atoms with van der Waals surface area (Å²) in [6.07, 6.45) is 2.47. The molecule has 0 spiro atoms. The van der Waals surface area contributed by atoms with Crippen LogP contribution in [0.1, 0.15) is 12.8 Å². The highest BCUT2D eigenvalue weighted by Crippen LogP contribution is 2.30. The van der Waals surface area contributed by atoms with Crippen molar-refractivity contribution in [1.29, 1.82) is 0 Å². The summed E-state index contributed by atoms with van der Waals surface area (Å²) in [5, 5.41) is 0. The maximum atomic E-state index is 10.9. The van der Waals surface area contributed by atoms with Gasteiger partial charge in [-0.2, -0.15) is 0 Å². The number of rotatable bonds is 2. The second-order valence-electron chi connectivity index (χ2n) is 3.50. The summed E-state index contributed by atoms with van der Waals surface area (Å²) >= 11 is 0. The Balaban J connectivity index is 2.05. The molecule has 4 N–H and O–H groups in total. The summed E-state index contributed by atoms with van der Waals surface area (Å²) in [5.41, 5.74) is 12.1. The van der Waals surface area contributed by atoms with E-state index in [4.69, 9.17) is 11.5 Å². The van der Waals surface area contributed by atoms with Crippen LogP contribution in [0.4, 0.5) is 0 Å². The van der Waals surface area contributed by atoms with E-state index in [1.165, 1.54) is 12.8 Å². The topological polar surface area (TPSA) is 72.3 Å². The average molecular weight is 167 g/mol. The molecule has 1 fully saturated rings. The smallest absolute Gasteiger partial charge is 0.247 e. The zero-order valence-electron chi connectivity index (χ0n) is 6.92. The second-order valence-corrected chi connectivity index (χ2v) is 3.50. The SMILES string of the molecule is NC(=O)C1=C(N)CN(C2CC2)C1. The van der Waals surface area contributed by atoms with Gasteiger partial charge in [0.15, 0.2) is 0 Å². The minimum atomic E-state index is -0.365. The number of nitrogens with zero attached hydrogens (tertiary/aromatic N) is 1. The largest absolute Gasteiger partial charge is 0.401 e. The molecule has 0 bridgehead atoms. The Morgan fingerprint density at radius 2 is 2.08 bits per heavy atom. The lowest BCUT2D eigenvalue weighted by Gasteiger charge is -2.12. The van der Waals surface area contributed by atoms with Gasteiger partial charge in [-0.3, -0.25) is 9.69 Å². The van der Waals surface area contributed by atoms with E-state index < -0.39 is 0 Å². The van der Waals surface area contributed by atoms with Crippen molar-refractivity contribution >= 4 is 5.91 Å². The van der Waals surface area contributed by atoms with Crippen LogP contribution in [-0.4, -0.2) is 29.9 Å². The lowest BCUT2D eigenvalue weighted by molar-refractivity contribution is -0.114. The zero-order valence-corrected chi connectivity index (χ0v) is 6.92. The molecule has 1 saturated carbocycles. The molecule has 12 heavy (non-hydrogen) atoms. The predicted octanol–water partition coefficient (Wildman–Crippen LogP) is -0.837. The van der Waals surface area contributed by atoms with E-state index in [0.29, 0.717) is 23.9 Å². The molecular formula is C8H13N3O. The fourth-order valence-corrected chi connectivity index (χ4v) is 1.61. The van der Waals surface area contributed by atoms with E-state index >= 15 is 0 Å². The van der Waals surface area contributed by atoms with E-state index in [2.05, 4.69) is 4.90 Å². The summed E-state index contributed by atoms with van der Waals surface area (Å²) in [7, 11) is 0. The summed E-state index contributed by atoms with van der Waals surface area (Å²) in [6, 6.07) is 0.653. The quantitative estimate of drug-likeness (QED) is 0.563. The van der Waals surface area contributed by atoms with Crippen molar-refractivity contribution in [3.05, 3.63) is 11.3 Å². The minimum Gasteiger partial charge on any atom is -0.401 e. The zero-order chi connectivity index (χ0) is 8.72. The Morgan fingerprint density at radius 1 is 1.42 bits per heavy atom. The summed E-state index contributed by atoms with van der Waals surface area (Å²) in [6.45, 7) is 1.38. The highest BCUT2D eigenvalue weighted by molar-refractivity contribution is 5.93. The van der Waals surface area contributed by atoms with Crippen LogP contribution in [0.3, 0.4) is 0 Å². The molecule has 66 valence electrons. The molecule has 1 aliphatic heterocycles. The molecular weight excluding hydrogens is 154 g/mol. The van der Waals surface area contributed by atoms with E-state index in [1.807, 2.05) is 0 Å². The highest BCUT2D eigenvalue weighted by Gasteiger charge is 2.34. The van der Waals surface area contributed by atoms with Crippen molar-refractivity contribution < 1.29 is 4.79 Å². The van der Waals surface area contributed by atoms with E-state index in [-0.39, 0.29) is 5.91 Å². The van der Waals surface area contributed by atoms with Crippen molar-refractivity contribution in [3.8, 4) is 0 Å².